The van der Waals surface area contributed by atoms with Crippen LogP contribution in [0.2, 0.25) is 0 Å². The Morgan fingerprint density at radius 1 is 1.05 bits per heavy atom. The van der Waals surface area contributed by atoms with Crippen molar-refractivity contribution in [2.75, 3.05) is 65.9 Å². The van der Waals surface area contributed by atoms with E-state index in [0.29, 0.717) is 41.9 Å². The quantitative estimate of drug-likeness (QED) is 0.308. The molecule has 42 heavy (non-hydrogen) atoms. The van der Waals surface area contributed by atoms with Crippen LogP contribution in [-0.2, 0) is 6.54 Å². The lowest BCUT2D eigenvalue weighted by Gasteiger charge is -2.37. The number of nitrogens with zero attached hydrogens (tertiary/aromatic N) is 5. The number of hydrogen-bond donors (Lipinski definition) is 1. The monoisotopic (exact) mass is 658 g/mol. The van der Waals surface area contributed by atoms with Gasteiger partial charge in [0.2, 0.25) is 10.9 Å². The van der Waals surface area contributed by atoms with Gasteiger partial charge >= 0.3 is 0 Å². The van der Waals surface area contributed by atoms with Gasteiger partial charge in [0.1, 0.15) is 0 Å². The molecule has 1 amide bonds. The molecule has 1 N–H and O–H groups in total. The molecule has 0 saturated carbocycles. The van der Waals surface area contributed by atoms with Crippen LogP contribution in [0.15, 0.2) is 40.9 Å². The van der Waals surface area contributed by atoms with Crippen LogP contribution in [0.4, 0.5) is 5.13 Å². The zero-order valence-corrected chi connectivity index (χ0v) is 27.0. The second kappa shape index (κ2) is 14.0. The number of methoxy groups -OCH3 is 3. The standard InChI is InChI=1S/C30H39BrN6O4S/c1-20(35-12-14-36(15-13-35)29(38)22-16-25(39-2)27(41-4)26(17-22)40-3)28-33-30(42-34-28)32-18-24-6-5-11-37(24)19-21-7-9-23(31)10-8-21/h7-10,16-17,20,24H,5-6,11-15,18-19H2,1-4H3,(H,32,33,34)/t20-,24+/m1/s1. The van der Waals surface area contributed by atoms with Gasteiger partial charge < -0.3 is 24.4 Å². The van der Waals surface area contributed by atoms with E-state index in [4.69, 9.17) is 19.2 Å². The van der Waals surface area contributed by atoms with Crippen LogP contribution in [0, 0.1) is 0 Å². The van der Waals surface area contributed by atoms with Crippen LogP contribution in [0.1, 0.15) is 47.6 Å². The first kappa shape index (κ1) is 30.5. The van der Waals surface area contributed by atoms with Crippen molar-refractivity contribution < 1.29 is 19.0 Å². The molecule has 0 spiro atoms. The smallest absolute Gasteiger partial charge is 0.254 e. The highest BCUT2D eigenvalue weighted by Crippen LogP contribution is 2.38. The number of anilines is 1. The number of aromatic nitrogens is 2. The molecule has 3 heterocycles. The third kappa shape index (κ3) is 6.99. The third-order valence-corrected chi connectivity index (χ3v) is 9.38. The number of carbonyl (C=O) groups is 1. The van der Waals surface area contributed by atoms with E-state index >= 15 is 0 Å². The van der Waals surface area contributed by atoms with Gasteiger partial charge in [-0.1, -0.05) is 28.1 Å². The maximum Gasteiger partial charge on any atom is 0.254 e. The number of nitrogens with one attached hydrogen (secondary N) is 1. The van der Waals surface area contributed by atoms with Gasteiger partial charge in [-0.05, 0) is 56.1 Å². The molecule has 2 aliphatic heterocycles. The second-order valence-electron chi connectivity index (χ2n) is 10.6. The van der Waals surface area contributed by atoms with Crippen LogP contribution < -0.4 is 19.5 Å². The molecule has 0 radical (unpaired) electrons. The van der Waals surface area contributed by atoms with E-state index in [-0.39, 0.29) is 11.9 Å². The summed E-state index contributed by atoms with van der Waals surface area (Å²) in [5.41, 5.74) is 1.85. The van der Waals surface area contributed by atoms with E-state index in [0.717, 1.165) is 48.2 Å². The fraction of sp³-hybridized carbons (Fsp3) is 0.500. The summed E-state index contributed by atoms with van der Waals surface area (Å²) in [6.07, 6.45) is 2.40. The van der Waals surface area contributed by atoms with Gasteiger partial charge in [-0.25, -0.2) is 4.98 Å². The third-order valence-electron chi connectivity index (χ3n) is 8.16. The highest BCUT2D eigenvalue weighted by Gasteiger charge is 2.29. The summed E-state index contributed by atoms with van der Waals surface area (Å²) in [6, 6.07) is 12.6. The maximum atomic E-state index is 13.3. The van der Waals surface area contributed by atoms with E-state index < -0.39 is 0 Å². The molecule has 5 rings (SSSR count). The topological polar surface area (TPSA) is 92.3 Å². The molecule has 2 saturated heterocycles. The lowest BCUT2D eigenvalue weighted by Crippen LogP contribution is -2.49. The minimum absolute atomic E-state index is 0.0547. The molecular weight excluding hydrogens is 620 g/mol. The van der Waals surface area contributed by atoms with Crippen LogP contribution in [0.5, 0.6) is 17.2 Å². The van der Waals surface area contributed by atoms with Crippen molar-refractivity contribution in [1.29, 1.82) is 0 Å². The van der Waals surface area contributed by atoms with Crippen molar-refractivity contribution in [3.63, 3.8) is 0 Å². The molecule has 226 valence electrons. The van der Waals surface area contributed by atoms with Gasteiger partial charge in [0.05, 0.1) is 27.4 Å². The van der Waals surface area contributed by atoms with E-state index in [1.54, 1.807) is 33.5 Å². The molecule has 0 aliphatic carbocycles. The predicted molar refractivity (Wildman–Crippen MR) is 168 cm³/mol. The lowest BCUT2D eigenvalue weighted by molar-refractivity contribution is 0.0575. The van der Waals surface area contributed by atoms with Crippen LogP contribution >= 0.6 is 27.5 Å². The highest BCUT2D eigenvalue weighted by atomic mass is 79.9. The summed E-state index contributed by atoms with van der Waals surface area (Å²) in [7, 11) is 4.65. The average molecular weight is 660 g/mol. The van der Waals surface area contributed by atoms with Gasteiger partial charge in [-0.2, -0.15) is 4.37 Å². The lowest BCUT2D eigenvalue weighted by atomic mass is 10.1. The molecule has 0 bridgehead atoms. The van der Waals surface area contributed by atoms with Gasteiger partial charge in [-0.15, -0.1) is 0 Å². The zero-order chi connectivity index (χ0) is 29.6. The first-order valence-electron chi connectivity index (χ1n) is 14.3. The number of ether oxygens (including phenoxy) is 3. The number of likely N-dealkylation sites (tertiary alicyclic amines) is 1. The summed E-state index contributed by atoms with van der Waals surface area (Å²) in [5.74, 6) is 2.18. The number of carbonyl (C=O) groups excluding carboxylic acids is 1. The Morgan fingerprint density at radius 2 is 1.74 bits per heavy atom. The van der Waals surface area contributed by atoms with Crippen LogP contribution in [0.25, 0.3) is 0 Å². The first-order valence-corrected chi connectivity index (χ1v) is 15.9. The summed E-state index contributed by atoms with van der Waals surface area (Å²) < 4.78 is 22.0. The SMILES string of the molecule is COc1cc(C(=O)N2CCN([C@H](C)c3nsc(NC[C@@H]4CCCN4Cc4ccc(Br)cc4)n3)CC2)cc(OC)c1OC. The summed E-state index contributed by atoms with van der Waals surface area (Å²) >= 11 is 4.95. The molecule has 12 heteroatoms. The van der Waals surface area contributed by atoms with Crippen molar-refractivity contribution in [3.8, 4) is 17.2 Å². The minimum atomic E-state index is -0.0547. The van der Waals surface area contributed by atoms with Gasteiger partial charge in [0, 0.05) is 66.9 Å². The summed E-state index contributed by atoms with van der Waals surface area (Å²) in [5, 5.41) is 4.42. The highest BCUT2D eigenvalue weighted by molar-refractivity contribution is 9.10. The van der Waals surface area contributed by atoms with E-state index in [9.17, 15) is 4.79 Å². The van der Waals surface area contributed by atoms with Crippen LogP contribution in [0.3, 0.4) is 0 Å². The molecule has 3 aromatic rings. The Bertz CT molecular complexity index is 1320. The molecule has 0 unspecified atom stereocenters. The van der Waals surface area contributed by atoms with Crippen molar-refractivity contribution in [2.45, 2.75) is 38.4 Å². The van der Waals surface area contributed by atoms with Gasteiger partial charge in [0.25, 0.3) is 5.91 Å². The average Bonchev–Trinajstić information content (AvgIpc) is 3.69. The Hall–Kier alpha value is -2.93. The molecule has 2 fully saturated rings. The number of piperazine rings is 1. The van der Waals surface area contributed by atoms with Crippen molar-refractivity contribution in [2.24, 2.45) is 0 Å². The number of rotatable bonds is 11. The summed E-state index contributed by atoms with van der Waals surface area (Å²) in [6.45, 7) is 7.80. The molecule has 1 aromatic heterocycles. The Kier molecular flexibility index (Phi) is 10.2. The van der Waals surface area contributed by atoms with E-state index in [1.807, 2.05) is 4.90 Å². The zero-order valence-electron chi connectivity index (χ0n) is 24.6. The second-order valence-corrected chi connectivity index (χ2v) is 12.3. The fourth-order valence-electron chi connectivity index (χ4n) is 5.70. The number of amides is 1. The van der Waals surface area contributed by atoms with Crippen LogP contribution in [-0.4, -0.2) is 96.6 Å². The number of hydrogen-bond acceptors (Lipinski definition) is 10. The molecule has 2 aromatic carbocycles. The fourth-order valence-corrected chi connectivity index (χ4v) is 6.62. The first-order chi connectivity index (χ1) is 20.4. The van der Waals surface area contributed by atoms with Gasteiger partial charge in [-0.3, -0.25) is 14.6 Å². The number of halogens is 1. The maximum absolute atomic E-state index is 13.3. The Labute approximate surface area is 260 Å². The normalized spacial score (nSPS) is 18.6. The summed E-state index contributed by atoms with van der Waals surface area (Å²) in [4.78, 5) is 24.9. The molecule has 2 atom stereocenters. The van der Waals surface area contributed by atoms with E-state index in [2.05, 4.69) is 66.6 Å². The minimum Gasteiger partial charge on any atom is -0.493 e. The molecule has 10 nitrogen and oxygen atoms in total. The van der Waals surface area contributed by atoms with Crippen molar-refractivity contribution in [3.05, 3.63) is 57.8 Å². The van der Waals surface area contributed by atoms with Crippen molar-refractivity contribution >= 4 is 38.5 Å². The Balaban J connectivity index is 1.12. The molecular formula is C30H39BrN6O4S. The largest absolute Gasteiger partial charge is 0.493 e. The van der Waals surface area contributed by atoms with Gasteiger partial charge in [0.15, 0.2) is 17.3 Å². The predicted octanol–water partition coefficient (Wildman–Crippen LogP) is 4.92. The van der Waals surface area contributed by atoms with Crippen molar-refractivity contribution in [1.82, 2.24) is 24.1 Å². The number of benzene rings is 2. The Morgan fingerprint density at radius 3 is 2.38 bits per heavy atom. The van der Waals surface area contributed by atoms with E-state index in [1.165, 1.54) is 29.9 Å². The molecule has 2 aliphatic rings.